The van der Waals surface area contributed by atoms with E-state index < -0.39 is 0 Å². The number of carbonyl (C=O) groups is 1. The van der Waals surface area contributed by atoms with Crippen LogP contribution in [0.1, 0.15) is 9.75 Å². The summed E-state index contributed by atoms with van der Waals surface area (Å²) in [5.41, 5.74) is 6.29. The summed E-state index contributed by atoms with van der Waals surface area (Å²) in [5, 5.41) is 0. The van der Waals surface area contributed by atoms with Gasteiger partial charge in [0.25, 0.3) is 0 Å². The largest absolute Gasteiger partial charge is 0.486 e. The van der Waals surface area contributed by atoms with E-state index in [4.69, 9.17) is 15.2 Å². The normalized spacial score (nSPS) is 13.0. The number of primary amides is 1. The first-order valence-electron chi connectivity index (χ1n) is 7.10. The summed E-state index contributed by atoms with van der Waals surface area (Å²) in [7, 11) is 0. The van der Waals surface area contributed by atoms with Crippen LogP contribution in [0.15, 0.2) is 30.3 Å². The van der Waals surface area contributed by atoms with Crippen LogP contribution in [0.2, 0.25) is 0 Å². The van der Waals surface area contributed by atoms with Crippen molar-refractivity contribution in [2.75, 3.05) is 24.7 Å². The van der Waals surface area contributed by atoms with Crippen LogP contribution in [-0.2, 0) is 11.3 Å². The van der Waals surface area contributed by atoms with Crippen LogP contribution >= 0.6 is 11.3 Å². The molecule has 3 rings (SSSR count). The number of hydrogen-bond donors (Lipinski definition) is 1. The van der Waals surface area contributed by atoms with Crippen LogP contribution in [0.5, 0.6) is 11.5 Å². The molecule has 0 atom stereocenters. The number of fused-ring (bicyclic) bond motifs is 1. The van der Waals surface area contributed by atoms with Gasteiger partial charge in [0.15, 0.2) is 11.5 Å². The van der Waals surface area contributed by atoms with Gasteiger partial charge >= 0.3 is 0 Å². The van der Waals surface area contributed by atoms with Gasteiger partial charge in [-0.25, -0.2) is 0 Å². The highest BCUT2D eigenvalue weighted by Gasteiger charge is 2.16. The van der Waals surface area contributed by atoms with Crippen molar-refractivity contribution in [1.82, 2.24) is 0 Å². The number of anilines is 1. The zero-order valence-electron chi connectivity index (χ0n) is 12.4. The van der Waals surface area contributed by atoms with Crippen LogP contribution < -0.4 is 20.1 Å². The Kier molecular flexibility index (Phi) is 4.20. The lowest BCUT2D eigenvalue weighted by Crippen LogP contribution is -2.33. The number of thiophene rings is 1. The molecule has 2 aromatic rings. The minimum absolute atomic E-state index is 0.163. The summed E-state index contributed by atoms with van der Waals surface area (Å²) in [4.78, 5) is 15.8. The van der Waals surface area contributed by atoms with Crippen molar-refractivity contribution in [2.24, 2.45) is 5.73 Å². The Hall–Kier alpha value is -2.21. The third-order valence-electron chi connectivity index (χ3n) is 3.38. The molecule has 1 aliphatic heterocycles. The summed E-state index contributed by atoms with van der Waals surface area (Å²) >= 11 is 1.72. The van der Waals surface area contributed by atoms with Gasteiger partial charge in [-0.15, -0.1) is 11.3 Å². The van der Waals surface area contributed by atoms with E-state index in [2.05, 4.69) is 19.1 Å². The summed E-state index contributed by atoms with van der Waals surface area (Å²) in [5.74, 6) is 1.09. The van der Waals surface area contributed by atoms with E-state index in [1.54, 1.807) is 11.3 Å². The van der Waals surface area contributed by atoms with Crippen molar-refractivity contribution < 1.29 is 14.3 Å². The second-order valence-electron chi connectivity index (χ2n) is 5.16. The number of amides is 1. The van der Waals surface area contributed by atoms with Gasteiger partial charge in [0.2, 0.25) is 5.91 Å². The first kappa shape index (κ1) is 14.7. The number of nitrogens with two attached hydrogens (primary N) is 1. The molecule has 116 valence electrons. The molecule has 0 bridgehead atoms. The second-order valence-corrected chi connectivity index (χ2v) is 6.54. The van der Waals surface area contributed by atoms with Crippen molar-refractivity contribution in [3.8, 4) is 11.5 Å². The predicted molar refractivity (Wildman–Crippen MR) is 86.7 cm³/mol. The minimum atomic E-state index is -0.358. The Morgan fingerprint density at radius 1 is 1.23 bits per heavy atom. The quantitative estimate of drug-likeness (QED) is 0.919. The average Bonchev–Trinajstić information content (AvgIpc) is 2.91. The van der Waals surface area contributed by atoms with Crippen LogP contribution in [0, 0.1) is 6.92 Å². The Labute approximate surface area is 133 Å². The molecule has 0 saturated carbocycles. The van der Waals surface area contributed by atoms with Crippen molar-refractivity contribution in [3.05, 3.63) is 40.1 Å². The first-order chi connectivity index (χ1) is 10.6. The van der Waals surface area contributed by atoms with E-state index in [-0.39, 0.29) is 12.5 Å². The lowest BCUT2D eigenvalue weighted by Gasteiger charge is -2.25. The average molecular weight is 318 g/mol. The number of rotatable bonds is 5. The number of nitrogens with zero attached hydrogens (tertiary/aromatic N) is 1. The number of hydrogen-bond acceptors (Lipinski definition) is 5. The van der Waals surface area contributed by atoms with Crippen LogP contribution in [0.4, 0.5) is 5.69 Å². The first-order valence-corrected chi connectivity index (χ1v) is 7.92. The van der Waals surface area contributed by atoms with Gasteiger partial charge in [0.1, 0.15) is 13.2 Å². The molecular weight excluding hydrogens is 300 g/mol. The lowest BCUT2D eigenvalue weighted by atomic mass is 10.2. The summed E-state index contributed by atoms with van der Waals surface area (Å²) in [6.07, 6.45) is 0. The lowest BCUT2D eigenvalue weighted by molar-refractivity contribution is -0.116. The maximum Gasteiger partial charge on any atom is 0.236 e. The molecule has 2 N–H and O–H groups in total. The smallest absolute Gasteiger partial charge is 0.236 e. The monoisotopic (exact) mass is 318 g/mol. The number of ether oxygens (including phenoxy) is 2. The predicted octanol–water partition coefficient (Wildman–Crippen LogP) is 2.32. The number of carbonyl (C=O) groups excluding carboxylic acids is 1. The molecule has 1 aromatic heterocycles. The SMILES string of the molecule is Cc1ccc(CN(CC(N)=O)c2ccc3c(c2)OCCO3)s1. The summed E-state index contributed by atoms with van der Waals surface area (Å²) in [6.45, 7) is 3.97. The van der Waals surface area contributed by atoms with Gasteiger partial charge in [-0.3, -0.25) is 4.79 Å². The molecule has 1 aromatic carbocycles. The number of benzene rings is 1. The Balaban J connectivity index is 1.86. The van der Waals surface area contributed by atoms with E-state index in [0.717, 1.165) is 11.4 Å². The zero-order chi connectivity index (χ0) is 15.5. The molecule has 2 heterocycles. The highest BCUT2D eigenvalue weighted by atomic mass is 32.1. The number of aryl methyl sites for hydroxylation is 1. The Morgan fingerprint density at radius 2 is 2.00 bits per heavy atom. The minimum Gasteiger partial charge on any atom is -0.486 e. The fraction of sp³-hybridized carbons (Fsp3) is 0.312. The topological polar surface area (TPSA) is 64.8 Å². The molecule has 1 amide bonds. The van der Waals surface area contributed by atoms with Gasteiger partial charge in [-0.2, -0.15) is 0 Å². The fourth-order valence-corrected chi connectivity index (χ4v) is 3.32. The maximum absolute atomic E-state index is 11.4. The third-order valence-corrected chi connectivity index (χ3v) is 4.37. The third kappa shape index (κ3) is 3.33. The molecule has 5 nitrogen and oxygen atoms in total. The standard InChI is InChI=1S/C16H18N2O3S/c1-11-2-4-13(22-11)9-18(10-16(17)19)12-3-5-14-15(8-12)21-7-6-20-14/h2-5,8H,6-7,9-10H2,1H3,(H2,17,19). The summed E-state index contributed by atoms with van der Waals surface area (Å²) < 4.78 is 11.1. The van der Waals surface area contributed by atoms with Gasteiger partial charge < -0.3 is 20.1 Å². The molecule has 22 heavy (non-hydrogen) atoms. The molecule has 0 saturated heterocycles. The van der Waals surface area contributed by atoms with Gasteiger partial charge in [-0.05, 0) is 31.2 Å². The van der Waals surface area contributed by atoms with Crippen molar-refractivity contribution in [2.45, 2.75) is 13.5 Å². The van der Waals surface area contributed by atoms with Crippen LogP contribution in [0.3, 0.4) is 0 Å². The van der Waals surface area contributed by atoms with Crippen molar-refractivity contribution >= 4 is 22.9 Å². The second kappa shape index (κ2) is 6.27. The van der Waals surface area contributed by atoms with Crippen molar-refractivity contribution in [3.63, 3.8) is 0 Å². The zero-order valence-corrected chi connectivity index (χ0v) is 13.2. The van der Waals surface area contributed by atoms with E-state index in [9.17, 15) is 4.79 Å². The molecule has 6 heteroatoms. The molecule has 0 aliphatic carbocycles. The molecular formula is C16H18N2O3S. The maximum atomic E-state index is 11.4. The molecule has 0 spiro atoms. The summed E-state index contributed by atoms with van der Waals surface area (Å²) in [6, 6.07) is 9.85. The van der Waals surface area contributed by atoms with Gasteiger partial charge in [0, 0.05) is 21.5 Å². The van der Waals surface area contributed by atoms with Gasteiger partial charge in [-0.1, -0.05) is 0 Å². The van der Waals surface area contributed by atoms with E-state index in [1.165, 1.54) is 9.75 Å². The van der Waals surface area contributed by atoms with Crippen LogP contribution in [0.25, 0.3) is 0 Å². The van der Waals surface area contributed by atoms with E-state index in [1.807, 2.05) is 23.1 Å². The molecule has 0 unspecified atom stereocenters. The Bertz CT molecular complexity index is 684. The van der Waals surface area contributed by atoms with Gasteiger partial charge in [0.05, 0.1) is 13.1 Å². The van der Waals surface area contributed by atoms with Crippen LogP contribution in [-0.4, -0.2) is 25.7 Å². The van der Waals surface area contributed by atoms with E-state index in [0.29, 0.717) is 25.5 Å². The Morgan fingerprint density at radius 3 is 2.68 bits per heavy atom. The van der Waals surface area contributed by atoms with E-state index >= 15 is 0 Å². The molecule has 1 aliphatic rings. The fourth-order valence-electron chi connectivity index (χ4n) is 2.41. The highest BCUT2D eigenvalue weighted by Crippen LogP contribution is 2.34. The molecule has 0 radical (unpaired) electrons. The highest BCUT2D eigenvalue weighted by molar-refractivity contribution is 7.11. The molecule has 0 fully saturated rings. The van der Waals surface area contributed by atoms with Crippen molar-refractivity contribution in [1.29, 1.82) is 0 Å².